The lowest BCUT2D eigenvalue weighted by molar-refractivity contribution is -0.0369. The van der Waals surface area contributed by atoms with Crippen molar-refractivity contribution in [1.82, 2.24) is 0 Å². The predicted octanol–water partition coefficient (Wildman–Crippen LogP) is 5.71. The van der Waals surface area contributed by atoms with Crippen LogP contribution in [-0.2, 0) is 6.42 Å². The van der Waals surface area contributed by atoms with Crippen molar-refractivity contribution in [2.75, 3.05) is 0 Å². The molecule has 3 rings (SSSR count). The summed E-state index contributed by atoms with van der Waals surface area (Å²) in [6.07, 6.45) is 4.72. The van der Waals surface area contributed by atoms with Crippen LogP contribution in [0.15, 0.2) is 48.5 Å². The maximum atomic E-state index is 12.3. The highest BCUT2D eigenvalue weighted by Gasteiger charge is 2.31. The lowest BCUT2D eigenvalue weighted by Gasteiger charge is -2.14. The van der Waals surface area contributed by atoms with Crippen LogP contribution in [0.2, 0.25) is 0 Å². The van der Waals surface area contributed by atoms with Gasteiger partial charge in [-0.1, -0.05) is 24.3 Å². The number of halogens is 3. The smallest absolute Gasteiger partial charge is 0.479 e. The fourth-order valence-electron chi connectivity index (χ4n) is 2.75. The van der Waals surface area contributed by atoms with E-state index in [1.54, 1.807) is 30.3 Å². The second kappa shape index (κ2) is 6.81. The Labute approximate surface area is 142 Å². The van der Waals surface area contributed by atoms with Gasteiger partial charge >= 0.3 is 5.51 Å². The first-order valence-electron chi connectivity index (χ1n) is 7.48. The van der Waals surface area contributed by atoms with Gasteiger partial charge in [0.25, 0.3) is 0 Å². The number of phenols is 1. The Morgan fingerprint density at radius 3 is 2.50 bits per heavy atom. The van der Waals surface area contributed by atoms with Crippen molar-refractivity contribution in [3.63, 3.8) is 0 Å². The molecule has 1 N–H and O–H groups in total. The lowest BCUT2D eigenvalue weighted by Crippen LogP contribution is -2.03. The van der Waals surface area contributed by atoms with Crippen LogP contribution >= 0.6 is 12.0 Å². The van der Waals surface area contributed by atoms with E-state index in [9.17, 15) is 18.3 Å². The summed E-state index contributed by atoms with van der Waals surface area (Å²) in [6.45, 7) is 0. The normalized spacial score (nSPS) is 14.5. The van der Waals surface area contributed by atoms with Crippen LogP contribution in [-0.4, -0.2) is 10.6 Å². The molecule has 2 nitrogen and oxygen atoms in total. The van der Waals surface area contributed by atoms with Crippen molar-refractivity contribution in [2.45, 2.75) is 24.8 Å². The van der Waals surface area contributed by atoms with Gasteiger partial charge in [-0.15, -0.1) is 0 Å². The molecule has 1 aliphatic carbocycles. The fraction of sp³-hybridized carbons (Fsp3) is 0.222. The molecule has 1 aliphatic rings. The summed E-state index contributed by atoms with van der Waals surface area (Å²) in [6, 6.07) is 11.9. The SMILES string of the molecule is Oc1ccc(C2=CCCCc3cc(OSC(F)(F)F)ccc32)cc1. The zero-order valence-electron chi connectivity index (χ0n) is 12.6. The van der Waals surface area contributed by atoms with Crippen molar-refractivity contribution in [1.29, 1.82) is 0 Å². The molecular weight excluding hydrogens is 337 g/mol. The van der Waals surface area contributed by atoms with E-state index in [2.05, 4.69) is 6.08 Å². The van der Waals surface area contributed by atoms with E-state index in [-0.39, 0.29) is 11.5 Å². The minimum Gasteiger partial charge on any atom is -0.508 e. The average Bonchev–Trinajstić information content (AvgIpc) is 2.75. The lowest BCUT2D eigenvalue weighted by atomic mass is 9.93. The second-order valence-corrected chi connectivity index (χ2v) is 6.28. The number of rotatable bonds is 3. The average molecular weight is 352 g/mol. The van der Waals surface area contributed by atoms with E-state index in [1.165, 1.54) is 0 Å². The molecule has 24 heavy (non-hydrogen) atoms. The van der Waals surface area contributed by atoms with E-state index >= 15 is 0 Å². The van der Waals surface area contributed by atoms with Crippen LogP contribution in [0.3, 0.4) is 0 Å². The van der Waals surface area contributed by atoms with Crippen molar-refractivity contribution in [3.05, 3.63) is 65.2 Å². The third kappa shape index (κ3) is 4.06. The first kappa shape index (κ1) is 16.8. The molecule has 0 aliphatic heterocycles. The van der Waals surface area contributed by atoms with Crippen molar-refractivity contribution in [2.24, 2.45) is 0 Å². The Kier molecular flexibility index (Phi) is 4.76. The largest absolute Gasteiger partial charge is 0.508 e. The molecule has 0 amide bonds. The maximum Gasteiger partial charge on any atom is 0.479 e. The predicted molar refractivity (Wildman–Crippen MR) is 88.8 cm³/mol. The van der Waals surface area contributed by atoms with Gasteiger partial charge < -0.3 is 9.29 Å². The number of alkyl halides is 3. The topological polar surface area (TPSA) is 29.5 Å². The van der Waals surface area contributed by atoms with Gasteiger partial charge in [-0.2, -0.15) is 13.2 Å². The summed E-state index contributed by atoms with van der Waals surface area (Å²) in [5.74, 6) is 0.393. The highest BCUT2D eigenvalue weighted by molar-refractivity contribution is 7.95. The molecule has 0 atom stereocenters. The Bertz CT molecular complexity index is 752. The van der Waals surface area contributed by atoms with Gasteiger partial charge in [0.2, 0.25) is 0 Å². The van der Waals surface area contributed by atoms with Gasteiger partial charge in [0, 0.05) is 0 Å². The molecule has 0 unspecified atom stereocenters. The summed E-state index contributed by atoms with van der Waals surface area (Å²) < 4.78 is 41.6. The zero-order chi connectivity index (χ0) is 17.2. The number of aromatic hydroxyl groups is 1. The number of hydrogen-bond acceptors (Lipinski definition) is 3. The van der Waals surface area contributed by atoms with Crippen LogP contribution in [0.1, 0.15) is 29.5 Å². The molecule has 126 valence electrons. The Hall–Kier alpha value is -2.08. The summed E-state index contributed by atoms with van der Waals surface area (Å²) >= 11 is -0.501. The highest BCUT2D eigenvalue weighted by atomic mass is 32.2. The maximum absolute atomic E-state index is 12.3. The Morgan fingerprint density at radius 2 is 1.79 bits per heavy atom. The van der Waals surface area contributed by atoms with Crippen LogP contribution in [0.5, 0.6) is 11.5 Å². The van der Waals surface area contributed by atoms with Crippen LogP contribution in [0.25, 0.3) is 5.57 Å². The second-order valence-electron chi connectivity index (χ2n) is 5.49. The first-order chi connectivity index (χ1) is 11.4. The standard InChI is InChI=1S/C18H15F3O2S/c19-18(20,21)24-23-15-9-10-17-13(11-15)3-1-2-4-16(17)12-5-7-14(22)8-6-12/h4-11,22H,1-3H2. The number of hydrogen-bond donors (Lipinski definition) is 1. The fourth-order valence-corrected chi connectivity index (χ4v) is 3.04. The van der Waals surface area contributed by atoms with E-state index in [0.717, 1.165) is 41.5 Å². The third-order valence-corrected chi connectivity index (χ3v) is 4.24. The molecule has 2 aromatic rings. The van der Waals surface area contributed by atoms with Gasteiger partial charge in [-0.25, -0.2) is 0 Å². The molecule has 6 heteroatoms. The number of aryl methyl sites for hydroxylation is 1. The molecule has 0 bridgehead atoms. The summed E-state index contributed by atoms with van der Waals surface area (Å²) in [5.41, 5.74) is -0.481. The monoisotopic (exact) mass is 352 g/mol. The summed E-state index contributed by atoms with van der Waals surface area (Å²) in [7, 11) is 0. The molecule has 0 spiro atoms. The molecule has 0 heterocycles. The highest BCUT2D eigenvalue weighted by Crippen LogP contribution is 2.36. The zero-order valence-corrected chi connectivity index (χ0v) is 13.5. The van der Waals surface area contributed by atoms with Gasteiger partial charge in [-0.05, 0) is 65.8 Å². The van der Waals surface area contributed by atoms with E-state index < -0.39 is 17.6 Å². The number of benzene rings is 2. The molecular formula is C18H15F3O2S. The Morgan fingerprint density at radius 1 is 1.04 bits per heavy atom. The van der Waals surface area contributed by atoms with Crippen LogP contribution < -0.4 is 4.18 Å². The van der Waals surface area contributed by atoms with Gasteiger partial charge in [-0.3, -0.25) is 0 Å². The van der Waals surface area contributed by atoms with Gasteiger partial charge in [0.15, 0.2) is 12.0 Å². The molecule has 2 aromatic carbocycles. The van der Waals surface area contributed by atoms with Crippen molar-refractivity contribution in [3.8, 4) is 11.5 Å². The summed E-state index contributed by atoms with van der Waals surface area (Å²) in [5, 5.41) is 9.44. The summed E-state index contributed by atoms with van der Waals surface area (Å²) in [4.78, 5) is 0. The molecule has 0 saturated carbocycles. The van der Waals surface area contributed by atoms with Crippen LogP contribution in [0, 0.1) is 0 Å². The van der Waals surface area contributed by atoms with E-state index in [4.69, 9.17) is 4.18 Å². The number of fused-ring (bicyclic) bond motifs is 1. The van der Waals surface area contributed by atoms with E-state index in [0.29, 0.717) is 0 Å². The molecule has 0 aromatic heterocycles. The molecule has 0 radical (unpaired) electrons. The molecule has 0 fully saturated rings. The Balaban J connectivity index is 1.91. The van der Waals surface area contributed by atoms with Gasteiger partial charge in [0.1, 0.15) is 11.5 Å². The van der Waals surface area contributed by atoms with Crippen molar-refractivity contribution >= 4 is 17.6 Å². The minimum absolute atomic E-state index is 0.195. The van der Waals surface area contributed by atoms with Crippen LogP contribution in [0.4, 0.5) is 13.2 Å². The number of phenolic OH excluding ortho intramolecular Hbond substituents is 1. The number of allylic oxidation sites excluding steroid dienone is 1. The first-order valence-corrected chi connectivity index (χ1v) is 8.22. The van der Waals surface area contributed by atoms with Crippen molar-refractivity contribution < 1.29 is 22.5 Å². The minimum atomic E-state index is -4.43. The van der Waals surface area contributed by atoms with E-state index in [1.807, 2.05) is 12.1 Å². The quantitative estimate of drug-likeness (QED) is 0.718. The molecule has 0 saturated heterocycles. The van der Waals surface area contributed by atoms with Gasteiger partial charge in [0.05, 0.1) is 0 Å². The third-order valence-electron chi connectivity index (χ3n) is 3.78.